The molecule has 1 aromatic carbocycles. The van der Waals surface area contributed by atoms with E-state index in [2.05, 4.69) is 20.2 Å². The van der Waals surface area contributed by atoms with Crippen molar-refractivity contribution in [2.75, 3.05) is 5.32 Å². The molecule has 0 atom stereocenters. The average Bonchev–Trinajstić information content (AvgIpc) is 3.16. The Hall–Kier alpha value is -1.93. The molecule has 0 spiro atoms. The van der Waals surface area contributed by atoms with Crippen LogP contribution in [0.25, 0.3) is 0 Å². The quantitative estimate of drug-likeness (QED) is 0.838. The van der Waals surface area contributed by atoms with Gasteiger partial charge in [0.1, 0.15) is 0 Å². The zero-order valence-corrected chi connectivity index (χ0v) is 12.4. The number of hydrogen-bond donors (Lipinski definition) is 2. The summed E-state index contributed by atoms with van der Waals surface area (Å²) in [6.07, 6.45) is 1.84. The first-order valence-electron chi connectivity index (χ1n) is 6.68. The van der Waals surface area contributed by atoms with E-state index < -0.39 is 10.0 Å². The van der Waals surface area contributed by atoms with Crippen LogP contribution in [0.4, 0.5) is 5.69 Å². The number of aryl methyl sites for hydroxylation is 1. The van der Waals surface area contributed by atoms with Crippen LogP contribution in [0.2, 0.25) is 0 Å². The second kappa shape index (κ2) is 5.45. The van der Waals surface area contributed by atoms with Gasteiger partial charge in [-0.3, -0.25) is 0 Å². The van der Waals surface area contributed by atoms with Crippen LogP contribution < -0.4 is 10.0 Å². The second-order valence-corrected chi connectivity index (χ2v) is 6.72. The number of sulfonamides is 1. The van der Waals surface area contributed by atoms with E-state index in [0.717, 1.165) is 18.5 Å². The number of hydrogen-bond acceptors (Lipinski definition) is 6. The third kappa shape index (κ3) is 3.59. The number of aromatic nitrogens is 2. The van der Waals surface area contributed by atoms with Crippen LogP contribution in [-0.4, -0.2) is 24.6 Å². The van der Waals surface area contributed by atoms with Crippen molar-refractivity contribution in [2.45, 2.75) is 37.2 Å². The topological polar surface area (TPSA) is 97.1 Å². The zero-order valence-electron chi connectivity index (χ0n) is 11.5. The van der Waals surface area contributed by atoms with E-state index in [4.69, 9.17) is 4.52 Å². The van der Waals surface area contributed by atoms with Gasteiger partial charge in [-0.15, -0.1) is 0 Å². The van der Waals surface area contributed by atoms with Gasteiger partial charge in [0.15, 0.2) is 5.82 Å². The lowest BCUT2D eigenvalue weighted by atomic mass is 10.3. The number of anilines is 1. The van der Waals surface area contributed by atoms with E-state index in [1.165, 1.54) is 0 Å². The van der Waals surface area contributed by atoms with Gasteiger partial charge in [0.2, 0.25) is 15.9 Å². The van der Waals surface area contributed by atoms with Crippen LogP contribution in [0.3, 0.4) is 0 Å². The highest BCUT2D eigenvalue weighted by atomic mass is 32.2. The Morgan fingerprint density at radius 1 is 1.29 bits per heavy atom. The van der Waals surface area contributed by atoms with Crippen LogP contribution in [0.5, 0.6) is 0 Å². The van der Waals surface area contributed by atoms with Crippen molar-refractivity contribution in [2.24, 2.45) is 0 Å². The summed E-state index contributed by atoms with van der Waals surface area (Å²) in [6, 6.07) is 6.68. The molecule has 1 aromatic heterocycles. The molecule has 21 heavy (non-hydrogen) atoms. The molecular weight excluding hydrogens is 292 g/mol. The van der Waals surface area contributed by atoms with Gasteiger partial charge in [-0.1, -0.05) is 5.16 Å². The monoisotopic (exact) mass is 308 g/mol. The van der Waals surface area contributed by atoms with Gasteiger partial charge < -0.3 is 9.84 Å². The number of nitrogens with zero attached hydrogens (tertiary/aromatic N) is 2. The fourth-order valence-electron chi connectivity index (χ4n) is 1.83. The summed E-state index contributed by atoms with van der Waals surface area (Å²) in [6.45, 7) is 2.15. The summed E-state index contributed by atoms with van der Waals surface area (Å²) in [5.74, 6) is 1.07. The summed E-state index contributed by atoms with van der Waals surface area (Å²) >= 11 is 0. The Balaban J connectivity index is 1.63. The van der Waals surface area contributed by atoms with Crippen LogP contribution >= 0.6 is 0 Å². The summed E-state index contributed by atoms with van der Waals surface area (Å²) in [5.41, 5.74) is 0.788. The van der Waals surface area contributed by atoms with Gasteiger partial charge in [0.05, 0.1) is 11.4 Å². The third-order valence-electron chi connectivity index (χ3n) is 3.08. The molecule has 1 aliphatic carbocycles. The Bertz CT molecular complexity index is 720. The standard InChI is InChI=1S/C13H16N4O3S/c1-9-15-13(20-16-9)8-14-10-4-6-12(7-5-10)21(18,19)17-11-2-3-11/h4-7,11,14,17H,2-3,8H2,1H3. The molecule has 2 N–H and O–H groups in total. The van der Waals surface area contributed by atoms with Gasteiger partial charge in [-0.25, -0.2) is 13.1 Å². The highest BCUT2D eigenvalue weighted by molar-refractivity contribution is 7.89. The van der Waals surface area contributed by atoms with Gasteiger partial charge in [-0.05, 0) is 44.0 Å². The average molecular weight is 308 g/mol. The SMILES string of the molecule is Cc1noc(CNc2ccc(S(=O)(=O)NC3CC3)cc2)n1. The minimum absolute atomic E-state index is 0.105. The molecule has 1 aliphatic rings. The largest absolute Gasteiger partial charge is 0.376 e. The molecule has 0 aliphatic heterocycles. The Kier molecular flexibility index (Phi) is 3.64. The Labute approximate surface area is 122 Å². The number of nitrogens with one attached hydrogen (secondary N) is 2. The van der Waals surface area contributed by atoms with Crippen molar-refractivity contribution in [1.29, 1.82) is 0 Å². The predicted octanol–water partition coefficient (Wildman–Crippen LogP) is 1.43. The van der Waals surface area contributed by atoms with Crippen molar-refractivity contribution >= 4 is 15.7 Å². The lowest BCUT2D eigenvalue weighted by Crippen LogP contribution is -2.25. The highest BCUT2D eigenvalue weighted by Gasteiger charge is 2.27. The normalized spacial score (nSPS) is 15.1. The molecule has 0 bridgehead atoms. The van der Waals surface area contributed by atoms with Gasteiger partial charge in [0.25, 0.3) is 0 Å². The van der Waals surface area contributed by atoms with Gasteiger partial charge >= 0.3 is 0 Å². The number of benzene rings is 1. The first-order chi connectivity index (χ1) is 10.0. The maximum absolute atomic E-state index is 12.0. The summed E-state index contributed by atoms with van der Waals surface area (Å²) in [7, 11) is -3.40. The van der Waals surface area contributed by atoms with E-state index in [0.29, 0.717) is 18.3 Å². The van der Waals surface area contributed by atoms with Crippen molar-refractivity contribution < 1.29 is 12.9 Å². The third-order valence-corrected chi connectivity index (χ3v) is 4.61. The Morgan fingerprint density at radius 3 is 2.57 bits per heavy atom. The molecule has 8 heteroatoms. The van der Waals surface area contributed by atoms with Crippen molar-refractivity contribution in [3.63, 3.8) is 0 Å². The number of rotatable bonds is 6. The van der Waals surface area contributed by atoms with Crippen molar-refractivity contribution in [1.82, 2.24) is 14.9 Å². The first-order valence-corrected chi connectivity index (χ1v) is 8.17. The Morgan fingerprint density at radius 2 is 2.00 bits per heavy atom. The predicted molar refractivity (Wildman–Crippen MR) is 76.1 cm³/mol. The fourth-order valence-corrected chi connectivity index (χ4v) is 3.14. The molecule has 0 saturated heterocycles. The molecule has 1 fully saturated rings. The van der Waals surface area contributed by atoms with Crippen LogP contribution in [0.1, 0.15) is 24.6 Å². The molecule has 1 heterocycles. The van der Waals surface area contributed by atoms with E-state index in [9.17, 15) is 8.42 Å². The molecule has 0 unspecified atom stereocenters. The maximum atomic E-state index is 12.0. The second-order valence-electron chi connectivity index (χ2n) is 5.01. The van der Waals surface area contributed by atoms with Crippen LogP contribution in [0, 0.1) is 6.92 Å². The highest BCUT2D eigenvalue weighted by Crippen LogP contribution is 2.22. The smallest absolute Gasteiger partial charge is 0.245 e. The van der Waals surface area contributed by atoms with Gasteiger partial charge in [-0.2, -0.15) is 4.98 Å². The minimum atomic E-state index is -3.40. The lowest BCUT2D eigenvalue weighted by Gasteiger charge is -2.07. The summed E-state index contributed by atoms with van der Waals surface area (Å²) < 4.78 is 31.7. The van der Waals surface area contributed by atoms with Crippen LogP contribution in [0.15, 0.2) is 33.7 Å². The van der Waals surface area contributed by atoms with Crippen molar-refractivity contribution in [3.8, 4) is 0 Å². The van der Waals surface area contributed by atoms with E-state index in [-0.39, 0.29) is 10.9 Å². The minimum Gasteiger partial charge on any atom is -0.376 e. The molecule has 3 rings (SSSR count). The maximum Gasteiger partial charge on any atom is 0.245 e. The van der Waals surface area contributed by atoms with E-state index >= 15 is 0 Å². The zero-order chi connectivity index (χ0) is 14.9. The van der Waals surface area contributed by atoms with Gasteiger partial charge in [0, 0.05) is 11.7 Å². The van der Waals surface area contributed by atoms with E-state index in [1.54, 1.807) is 31.2 Å². The molecule has 0 radical (unpaired) electrons. The lowest BCUT2D eigenvalue weighted by molar-refractivity contribution is 0.379. The molecule has 7 nitrogen and oxygen atoms in total. The van der Waals surface area contributed by atoms with Crippen molar-refractivity contribution in [3.05, 3.63) is 36.0 Å². The molecule has 2 aromatic rings. The molecule has 112 valence electrons. The molecule has 0 amide bonds. The van der Waals surface area contributed by atoms with Crippen LogP contribution in [-0.2, 0) is 16.6 Å². The van der Waals surface area contributed by atoms with E-state index in [1.807, 2.05) is 0 Å². The summed E-state index contributed by atoms with van der Waals surface area (Å²) in [5, 5.41) is 6.79. The molecule has 1 saturated carbocycles. The fraction of sp³-hybridized carbons (Fsp3) is 0.385. The summed E-state index contributed by atoms with van der Waals surface area (Å²) in [4.78, 5) is 4.35. The first kappa shape index (κ1) is 14.0. The molecular formula is C13H16N4O3S.